The third kappa shape index (κ3) is 3.78. The summed E-state index contributed by atoms with van der Waals surface area (Å²) in [6, 6.07) is 12.1. The van der Waals surface area contributed by atoms with Crippen LogP contribution in [-0.4, -0.2) is 6.54 Å². The van der Waals surface area contributed by atoms with E-state index in [1.165, 1.54) is 12.1 Å². The molecule has 0 bridgehead atoms. The minimum Gasteiger partial charge on any atom is -0.483 e. The lowest BCUT2D eigenvalue weighted by Crippen LogP contribution is -2.18. The van der Waals surface area contributed by atoms with Crippen LogP contribution in [0, 0.1) is 5.82 Å². The van der Waals surface area contributed by atoms with E-state index in [2.05, 4.69) is 31.9 Å². The van der Waals surface area contributed by atoms with Crippen molar-refractivity contribution in [3.8, 4) is 5.75 Å². The molecule has 0 radical (unpaired) electrons. The first-order chi connectivity index (χ1) is 9.10. The molecule has 0 aliphatic rings. The van der Waals surface area contributed by atoms with Crippen molar-refractivity contribution >= 4 is 31.9 Å². The number of nitrogens with two attached hydrogens (primary N) is 1. The van der Waals surface area contributed by atoms with Crippen LogP contribution in [0.1, 0.15) is 11.7 Å². The van der Waals surface area contributed by atoms with Crippen LogP contribution in [-0.2, 0) is 0 Å². The molecular weight excluding hydrogens is 377 g/mol. The van der Waals surface area contributed by atoms with Crippen molar-refractivity contribution in [1.82, 2.24) is 0 Å². The third-order valence-electron chi connectivity index (χ3n) is 2.60. The van der Waals surface area contributed by atoms with Gasteiger partial charge < -0.3 is 10.5 Å². The lowest BCUT2D eigenvalue weighted by Gasteiger charge is -2.19. The highest BCUT2D eigenvalue weighted by molar-refractivity contribution is 9.10. The van der Waals surface area contributed by atoms with Gasteiger partial charge in [-0.3, -0.25) is 0 Å². The lowest BCUT2D eigenvalue weighted by molar-refractivity contribution is 0.212. The van der Waals surface area contributed by atoms with Crippen LogP contribution in [0.5, 0.6) is 5.75 Å². The summed E-state index contributed by atoms with van der Waals surface area (Å²) in [5, 5.41) is 0. The van der Waals surface area contributed by atoms with E-state index in [0.29, 0.717) is 16.8 Å². The maximum atomic E-state index is 13.0. The fourth-order valence-electron chi connectivity index (χ4n) is 1.68. The monoisotopic (exact) mass is 387 g/mol. The van der Waals surface area contributed by atoms with Crippen LogP contribution in [0.4, 0.5) is 4.39 Å². The van der Waals surface area contributed by atoms with Gasteiger partial charge in [-0.25, -0.2) is 4.39 Å². The van der Waals surface area contributed by atoms with Gasteiger partial charge in [-0.05, 0) is 51.8 Å². The normalized spacial score (nSPS) is 12.2. The number of benzene rings is 2. The number of rotatable bonds is 4. The quantitative estimate of drug-likeness (QED) is 0.840. The standard InChI is InChI=1S/C14H12Br2FNO/c15-10-3-1-2-9(6-10)14(8-18)19-13-5-4-11(17)7-12(13)16/h1-7,14H,8,18H2. The fraction of sp³-hybridized carbons (Fsp3) is 0.143. The Kier molecular flexibility index (Phi) is 4.96. The van der Waals surface area contributed by atoms with Crippen molar-refractivity contribution in [2.24, 2.45) is 5.73 Å². The minimum atomic E-state index is -0.314. The van der Waals surface area contributed by atoms with Crippen LogP contribution in [0.25, 0.3) is 0 Å². The second kappa shape index (κ2) is 6.50. The average Bonchev–Trinajstić information content (AvgIpc) is 2.38. The molecule has 0 aromatic heterocycles. The van der Waals surface area contributed by atoms with Crippen molar-refractivity contribution < 1.29 is 9.13 Å². The Morgan fingerprint density at radius 3 is 2.58 bits per heavy atom. The highest BCUT2D eigenvalue weighted by atomic mass is 79.9. The van der Waals surface area contributed by atoms with Gasteiger partial charge in [0.05, 0.1) is 4.47 Å². The topological polar surface area (TPSA) is 35.2 Å². The largest absolute Gasteiger partial charge is 0.483 e. The minimum absolute atomic E-state index is 0.278. The van der Waals surface area contributed by atoms with Gasteiger partial charge in [-0.15, -0.1) is 0 Å². The van der Waals surface area contributed by atoms with Gasteiger partial charge >= 0.3 is 0 Å². The third-order valence-corrected chi connectivity index (χ3v) is 3.71. The van der Waals surface area contributed by atoms with Gasteiger partial charge in [0.2, 0.25) is 0 Å². The summed E-state index contributed by atoms with van der Waals surface area (Å²) in [4.78, 5) is 0. The summed E-state index contributed by atoms with van der Waals surface area (Å²) in [5.41, 5.74) is 6.72. The Bertz CT molecular complexity index is 577. The van der Waals surface area contributed by atoms with Crippen LogP contribution >= 0.6 is 31.9 Å². The molecule has 100 valence electrons. The van der Waals surface area contributed by atoms with E-state index in [9.17, 15) is 4.39 Å². The summed E-state index contributed by atoms with van der Waals surface area (Å²) < 4.78 is 20.4. The molecule has 0 saturated carbocycles. The molecule has 0 spiro atoms. The molecule has 2 rings (SSSR count). The molecule has 0 fully saturated rings. The second-order valence-electron chi connectivity index (χ2n) is 3.97. The zero-order valence-electron chi connectivity index (χ0n) is 9.95. The van der Waals surface area contributed by atoms with Crippen LogP contribution in [0.15, 0.2) is 51.4 Å². The summed E-state index contributed by atoms with van der Waals surface area (Å²) in [7, 11) is 0. The molecule has 2 nitrogen and oxygen atoms in total. The van der Waals surface area contributed by atoms with E-state index < -0.39 is 0 Å². The Labute approximate surface area is 128 Å². The van der Waals surface area contributed by atoms with E-state index >= 15 is 0 Å². The summed E-state index contributed by atoms with van der Waals surface area (Å²) >= 11 is 6.69. The first-order valence-corrected chi connectivity index (χ1v) is 7.26. The highest BCUT2D eigenvalue weighted by Crippen LogP contribution is 2.30. The molecule has 2 aromatic carbocycles. The molecule has 0 aliphatic heterocycles. The Morgan fingerprint density at radius 2 is 1.95 bits per heavy atom. The number of hydrogen-bond donors (Lipinski definition) is 1. The first-order valence-electron chi connectivity index (χ1n) is 5.67. The van der Waals surface area contributed by atoms with Crippen molar-refractivity contribution in [3.05, 3.63) is 62.8 Å². The predicted molar refractivity (Wildman–Crippen MR) is 80.7 cm³/mol. The SMILES string of the molecule is NCC(Oc1ccc(F)cc1Br)c1cccc(Br)c1. The fourth-order valence-corrected chi connectivity index (χ4v) is 2.54. The Balaban J connectivity index is 2.24. The van der Waals surface area contributed by atoms with Crippen molar-refractivity contribution in [2.45, 2.75) is 6.10 Å². The van der Waals surface area contributed by atoms with Gasteiger partial charge in [-0.1, -0.05) is 28.1 Å². The maximum absolute atomic E-state index is 13.0. The van der Waals surface area contributed by atoms with Gasteiger partial charge in [0, 0.05) is 11.0 Å². The van der Waals surface area contributed by atoms with E-state index in [1.54, 1.807) is 6.07 Å². The maximum Gasteiger partial charge on any atom is 0.136 e. The number of hydrogen-bond acceptors (Lipinski definition) is 2. The zero-order valence-corrected chi connectivity index (χ0v) is 13.1. The van der Waals surface area contributed by atoms with Gasteiger partial charge in [-0.2, -0.15) is 0 Å². The molecular formula is C14H12Br2FNO. The summed E-state index contributed by atoms with van der Waals surface area (Å²) in [6.07, 6.45) is -0.278. The molecule has 1 atom stereocenters. The number of ether oxygens (including phenoxy) is 1. The number of halogens is 3. The van der Waals surface area contributed by atoms with Crippen molar-refractivity contribution in [2.75, 3.05) is 6.54 Å². The van der Waals surface area contributed by atoms with Gasteiger partial charge in [0.15, 0.2) is 0 Å². The molecule has 19 heavy (non-hydrogen) atoms. The van der Waals surface area contributed by atoms with E-state index in [-0.39, 0.29) is 11.9 Å². The first kappa shape index (κ1) is 14.5. The molecule has 0 aliphatic carbocycles. The molecule has 1 unspecified atom stereocenters. The smallest absolute Gasteiger partial charge is 0.136 e. The summed E-state index contributed by atoms with van der Waals surface area (Å²) in [6.45, 7) is 0.334. The molecule has 2 aromatic rings. The van der Waals surface area contributed by atoms with Crippen molar-refractivity contribution in [1.29, 1.82) is 0 Å². The van der Waals surface area contributed by atoms with E-state index in [0.717, 1.165) is 10.0 Å². The van der Waals surface area contributed by atoms with Crippen molar-refractivity contribution in [3.63, 3.8) is 0 Å². The van der Waals surface area contributed by atoms with E-state index in [1.807, 2.05) is 24.3 Å². The molecule has 2 N–H and O–H groups in total. The Hall–Kier alpha value is -0.910. The van der Waals surface area contributed by atoms with Crippen LogP contribution in [0.3, 0.4) is 0 Å². The van der Waals surface area contributed by atoms with E-state index in [4.69, 9.17) is 10.5 Å². The van der Waals surface area contributed by atoms with Crippen LogP contribution < -0.4 is 10.5 Å². The average molecular weight is 389 g/mol. The molecule has 0 heterocycles. The molecule has 0 amide bonds. The lowest BCUT2D eigenvalue weighted by atomic mass is 10.1. The van der Waals surface area contributed by atoms with Gasteiger partial charge in [0.25, 0.3) is 0 Å². The predicted octanol–water partition coefficient (Wildman–Crippen LogP) is 4.43. The van der Waals surface area contributed by atoms with Gasteiger partial charge in [0.1, 0.15) is 17.7 Å². The molecule has 5 heteroatoms. The Morgan fingerprint density at radius 1 is 1.16 bits per heavy atom. The zero-order chi connectivity index (χ0) is 13.8. The summed E-state index contributed by atoms with van der Waals surface area (Å²) in [5.74, 6) is 0.253. The molecule has 0 saturated heterocycles. The highest BCUT2D eigenvalue weighted by Gasteiger charge is 2.14. The second-order valence-corrected chi connectivity index (χ2v) is 5.74. The van der Waals surface area contributed by atoms with Crippen LogP contribution in [0.2, 0.25) is 0 Å².